The summed E-state index contributed by atoms with van der Waals surface area (Å²) in [6, 6.07) is 10.1. The van der Waals surface area contributed by atoms with E-state index in [1.54, 1.807) is 20.8 Å². The summed E-state index contributed by atoms with van der Waals surface area (Å²) in [5, 5.41) is 3.21. The van der Waals surface area contributed by atoms with Gasteiger partial charge in [-0.1, -0.05) is 30.3 Å². The van der Waals surface area contributed by atoms with Crippen molar-refractivity contribution in [1.82, 2.24) is 10.2 Å². The van der Waals surface area contributed by atoms with Crippen LogP contribution in [0.3, 0.4) is 0 Å². The number of guanidine groups is 1. The van der Waals surface area contributed by atoms with Crippen molar-refractivity contribution in [3.05, 3.63) is 35.9 Å². The van der Waals surface area contributed by atoms with E-state index in [1.165, 1.54) is 5.56 Å². The molecule has 0 aliphatic rings. The van der Waals surface area contributed by atoms with Crippen LogP contribution in [-0.2, 0) is 16.4 Å². The van der Waals surface area contributed by atoms with Crippen LogP contribution in [0.2, 0.25) is 0 Å². The Morgan fingerprint density at radius 1 is 1.22 bits per heavy atom. The third-order valence-electron chi connectivity index (χ3n) is 3.51. The highest BCUT2D eigenvalue weighted by Gasteiger charge is 2.28. The highest BCUT2D eigenvalue weighted by molar-refractivity contribution is 7.92. The minimum absolute atomic E-state index is 0.0601. The molecule has 6 heteroatoms. The van der Waals surface area contributed by atoms with Crippen LogP contribution in [0.4, 0.5) is 0 Å². The first-order chi connectivity index (χ1) is 10.7. The lowest BCUT2D eigenvalue weighted by molar-refractivity contribution is 0.477. The van der Waals surface area contributed by atoms with E-state index < -0.39 is 14.6 Å². The molecule has 1 aromatic rings. The fourth-order valence-corrected chi connectivity index (χ4v) is 2.92. The minimum Gasteiger partial charge on any atom is -0.357 e. The molecule has 23 heavy (non-hydrogen) atoms. The maximum atomic E-state index is 12.1. The van der Waals surface area contributed by atoms with E-state index in [1.807, 2.05) is 37.1 Å². The van der Waals surface area contributed by atoms with E-state index >= 15 is 0 Å². The van der Waals surface area contributed by atoms with Gasteiger partial charge in [-0.3, -0.25) is 4.99 Å². The zero-order valence-electron chi connectivity index (χ0n) is 14.8. The van der Waals surface area contributed by atoms with Crippen LogP contribution in [0.15, 0.2) is 35.3 Å². The molecule has 0 aliphatic carbocycles. The van der Waals surface area contributed by atoms with Crippen molar-refractivity contribution in [1.29, 1.82) is 0 Å². The molecule has 1 aromatic carbocycles. The normalized spacial score (nSPS) is 13.0. The van der Waals surface area contributed by atoms with Gasteiger partial charge >= 0.3 is 0 Å². The molecule has 0 aliphatic heterocycles. The molecule has 0 heterocycles. The van der Waals surface area contributed by atoms with E-state index in [-0.39, 0.29) is 12.3 Å². The number of benzene rings is 1. The average Bonchev–Trinajstić information content (AvgIpc) is 2.46. The molecule has 5 nitrogen and oxygen atoms in total. The monoisotopic (exact) mass is 339 g/mol. The summed E-state index contributed by atoms with van der Waals surface area (Å²) in [5.74, 6) is 0.783. The summed E-state index contributed by atoms with van der Waals surface area (Å²) in [5.41, 5.74) is 1.18. The van der Waals surface area contributed by atoms with Crippen molar-refractivity contribution in [2.24, 2.45) is 4.99 Å². The smallest absolute Gasteiger partial charge is 0.193 e. The number of aliphatic imine (C=N–C) groups is 1. The first-order valence-corrected chi connectivity index (χ1v) is 9.58. The molecule has 0 spiro atoms. The van der Waals surface area contributed by atoms with Gasteiger partial charge in [-0.15, -0.1) is 0 Å². The lowest BCUT2D eigenvalue weighted by Gasteiger charge is -2.23. The number of hydrogen-bond acceptors (Lipinski definition) is 3. The SMILES string of the molecule is CCNC(=NCCS(=O)(=O)C(C)(C)C)N(C)Cc1ccccc1. The summed E-state index contributed by atoms with van der Waals surface area (Å²) in [6.45, 7) is 8.89. The van der Waals surface area contributed by atoms with Crippen LogP contribution in [0.25, 0.3) is 0 Å². The molecule has 0 saturated heterocycles. The molecule has 0 radical (unpaired) electrons. The molecule has 0 saturated carbocycles. The highest BCUT2D eigenvalue weighted by Crippen LogP contribution is 2.15. The van der Waals surface area contributed by atoms with Gasteiger partial charge in [-0.25, -0.2) is 8.42 Å². The van der Waals surface area contributed by atoms with Gasteiger partial charge in [-0.05, 0) is 33.3 Å². The van der Waals surface area contributed by atoms with Crippen LogP contribution in [-0.4, -0.2) is 49.9 Å². The molecule has 0 atom stereocenters. The second kappa shape index (κ2) is 8.34. The predicted molar refractivity (Wildman–Crippen MR) is 97.4 cm³/mol. The summed E-state index contributed by atoms with van der Waals surface area (Å²) in [7, 11) is -1.20. The zero-order valence-corrected chi connectivity index (χ0v) is 15.7. The molecule has 1 rings (SSSR count). The maximum absolute atomic E-state index is 12.1. The molecule has 0 aromatic heterocycles. The largest absolute Gasteiger partial charge is 0.357 e. The summed E-state index contributed by atoms with van der Waals surface area (Å²) in [6.07, 6.45) is 0. The average molecular weight is 340 g/mol. The first kappa shape index (κ1) is 19.5. The van der Waals surface area contributed by atoms with Crippen LogP contribution >= 0.6 is 0 Å². The third-order valence-corrected chi connectivity index (χ3v) is 6.10. The van der Waals surface area contributed by atoms with Crippen molar-refractivity contribution >= 4 is 15.8 Å². The Bertz CT molecular complexity index is 604. The fraction of sp³-hybridized carbons (Fsp3) is 0.588. The Balaban J connectivity index is 2.73. The Morgan fingerprint density at radius 2 is 1.83 bits per heavy atom. The molecule has 0 amide bonds. The lowest BCUT2D eigenvalue weighted by atomic mass is 10.2. The number of rotatable bonds is 6. The molecule has 1 N–H and O–H groups in total. The minimum atomic E-state index is -3.15. The summed E-state index contributed by atoms with van der Waals surface area (Å²) >= 11 is 0. The summed E-state index contributed by atoms with van der Waals surface area (Å²) in [4.78, 5) is 6.46. The number of hydrogen-bond donors (Lipinski definition) is 1. The van der Waals surface area contributed by atoms with Crippen molar-refractivity contribution in [3.63, 3.8) is 0 Å². The number of nitrogens with one attached hydrogen (secondary N) is 1. The molecule has 130 valence electrons. The van der Waals surface area contributed by atoms with E-state index in [4.69, 9.17) is 0 Å². The highest BCUT2D eigenvalue weighted by atomic mass is 32.2. The van der Waals surface area contributed by atoms with Crippen LogP contribution in [0.1, 0.15) is 33.3 Å². The quantitative estimate of drug-likeness (QED) is 0.638. The Morgan fingerprint density at radius 3 is 2.35 bits per heavy atom. The van der Waals surface area contributed by atoms with E-state index in [9.17, 15) is 8.42 Å². The van der Waals surface area contributed by atoms with Crippen LogP contribution < -0.4 is 5.32 Å². The molecule has 0 bridgehead atoms. The summed E-state index contributed by atoms with van der Waals surface area (Å²) < 4.78 is 23.6. The van der Waals surface area contributed by atoms with Crippen molar-refractivity contribution < 1.29 is 8.42 Å². The van der Waals surface area contributed by atoms with Gasteiger partial charge in [0.2, 0.25) is 0 Å². The Kier molecular flexibility index (Phi) is 7.06. The molecular weight excluding hydrogens is 310 g/mol. The first-order valence-electron chi connectivity index (χ1n) is 7.93. The van der Waals surface area contributed by atoms with E-state index in [2.05, 4.69) is 22.4 Å². The fourth-order valence-electron chi connectivity index (χ4n) is 1.98. The van der Waals surface area contributed by atoms with Crippen LogP contribution in [0.5, 0.6) is 0 Å². The van der Waals surface area contributed by atoms with Gasteiger partial charge < -0.3 is 10.2 Å². The second-order valence-corrected chi connectivity index (χ2v) is 9.37. The van der Waals surface area contributed by atoms with Gasteiger partial charge in [0.15, 0.2) is 15.8 Å². The van der Waals surface area contributed by atoms with Gasteiger partial charge in [-0.2, -0.15) is 0 Å². The molecule has 0 unspecified atom stereocenters. The van der Waals surface area contributed by atoms with Gasteiger partial charge in [0.25, 0.3) is 0 Å². The number of nitrogens with zero attached hydrogens (tertiary/aromatic N) is 2. The van der Waals surface area contributed by atoms with Gasteiger partial charge in [0, 0.05) is 20.1 Å². The Hall–Kier alpha value is -1.56. The third kappa shape index (κ3) is 6.22. The zero-order chi connectivity index (χ0) is 17.5. The van der Waals surface area contributed by atoms with E-state index in [0.717, 1.165) is 19.0 Å². The molecular formula is C17H29N3O2S. The second-order valence-electron chi connectivity index (χ2n) is 6.51. The van der Waals surface area contributed by atoms with Crippen molar-refractivity contribution in [2.45, 2.75) is 39.0 Å². The van der Waals surface area contributed by atoms with Gasteiger partial charge in [0.1, 0.15) is 0 Å². The lowest BCUT2D eigenvalue weighted by Crippen LogP contribution is -2.39. The van der Waals surface area contributed by atoms with Crippen molar-refractivity contribution in [2.75, 3.05) is 25.9 Å². The maximum Gasteiger partial charge on any atom is 0.193 e. The Labute approximate surface area is 140 Å². The topological polar surface area (TPSA) is 61.8 Å². The number of sulfone groups is 1. The van der Waals surface area contributed by atoms with Crippen LogP contribution in [0, 0.1) is 0 Å². The van der Waals surface area contributed by atoms with Crippen molar-refractivity contribution in [3.8, 4) is 0 Å². The predicted octanol–water partition coefficient (Wildman–Crippen LogP) is 2.30. The molecule has 0 fully saturated rings. The van der Waals surface area contributed by atoms with Gasteiger partial charge in [0.05, 0.1) is 17.0 Å². The standard InChI is InChI=1S/C17H29N3O2S/c1-6-18-16(19-12-13-23(21,22)17(2,3)4)20(5)14-15-10-8-7-9-11-15/h7-11H,6,12-14H2,1-5H3,(H,18,19). The van der Waals surface area contributed by atoms with E-state index in [0.29, 0.717) is 0 Å².